The van der Waals surface area contributed by atoms with Crippen LogP contribution in [0.4, 0.5) is 0 Å². The molecule has 0 aliphatic carbocycles. The second-order valence-electron chi connectivity index (χ2n) is 8.75. The molecule has 180 valence electrons. The average molecular weight is 465 g/mol. The van der Waals surface area contributed by atoms with Gasteiger partial charge in [0.1, 0.15) is 6.61 Å². The highest BCUT2D eigenvalue weighted by Crippen LogP contribution is 2.26. The Balaban J connectivity index is 1.21. The number of aryl methyl sites for hydroxylation is 1. The second-order valence-corrected chi connectivity index (χ2v) is 8.75. The van der Waals surface area contributed by atoms with E-state index in [1.807, 2.05) is 62.4 Å². The molecule has 34 heavy (non-hydrogen) atoms. The predicted molar refractivity (Wildman–Crippen MR) is 129 cm³/mol. The van der Waals surface area contributed by atoms with Gasteiger partial charge in [-0.2, -0.15) is 4.98 Å². The molecule has 0 saturated carbocycles. The molecule has 1 atom stereocenters. The van der Waals surface area contributed by atoms with Crippen molar-refractivity contribution in [2.45, 2.75) is 39.3 Å². The monoisotopic (exact) mass is 464 g/mol. The first kappa shape index (κ1) is 23.8. The molecule has 1 saturated heterocycles. The molecule has 1 aliphatic rings. The number of carbonyl (C=O) groups is 1. The number of likely N-dealkylation sites (tertiary alicyclic amines) is 1. The molecule has 0 radical (unpaired) electrons. The van der Waals surface area contributed by atoms with Crippen LogP contribution in [0, 0.1) is 12.8 Å². The molecule has 1 amide bonds. The molecule has 0 spiro atoms. The lowest BCUT2D eigenvalue weighted by atomic mass is 9.95. The Labute approximate surface area is 200 Å². The van der Waals surface area contributed by atoms with E-state index in [4.69, 9.17) is 14.0 Å². The molecule has 3 aromatic rings. The topological polar surface area (TPSA) is 89.7 Å². The first-order valence-corrected chi connectivity index (χ1v) is 11.7. The Morgan fingerprint density at radius 2 is 1.85 bits per heavy atom. The summed E-state index contributed by atoms with van der Waals surface area (Å²) in [7, 11) is 1.61. The predicted octanol–water partition coefficient (Wildman–Crippen LogP) is 3.85. The molecule has 1 unspecified atom stereocenters. The van der Waals surface area contributed by atoms with E-state index in [-0.39, 0.29) is 17.9 Å². The summed E-state index contributed by atoms with van der Waals surface area (Å²) in [6.45, 7) is 6.58. The fraction of sp³-hybridized carbons (Fsp3) is 0.423. The van der Waals surface area contributed by atoms with Crippen molar-refractivity contribution in [3.63, 3.8) is 0 Å². The summed E-state index contributed by atoms with van der Waals surface area (Å²) < 4.78 is 16.6. The van der Waals surface area contributed by atoms with E-state index in [1.165, 1.54) is 0 Å². The lowest BCUT2D eigenvalue weighted by molar-refractivity contribution is -0.127. The van der Waals surface area contributed by atoms with Gasteiger partial charge in [-0.3, -0.25) is 9.69 Å². The minimum atomic E-state index is -0.103. The minimum absolute atomic E-state index is 0.00447. The number of nitrogens with one attached hydrogen (secondary N) is 1. The van der Waals surface area contributed by atoms with Gasteiger partial charge in [0, 0.05) is 11.5 Å². The normalized spacial score (nSPS) is 15.6. The number of carbonyl (C=O) groups excluding carboxylic acids is 1. The Kier molecular flexibility index (Phi) is 7.80. The molecule has 1 aromatic heterocycles. The number of amides is 1. The van der Waals surface area contributed by atoms with Crippen molar-refractivity contribution in [1.82, 2.24) is 20.4 Å². The average Bonchev–Trinajstić information content (AvgIpc) is 3.31. The number of methoxy groups -OCH3 is 1. The number of nitrogens with zero attached hydrogens (tertiary/aromatic N) is 3. The molecular formula is C26H32N4O4. The van der Waals surface area contributed by atoms with Gasteiger partial charge < -0.3 is 19.3 Å². The molecule has 8 heteroatoms. The van der Waals surface area contributed by atoms with Crippen LogP contribution in [-0.4, -0.2) is 53.8 Å². The summed E-state index contributed by atoms with van der Waals surface area (Å²) in [6.07, 6.45) is 1.59. The second kappa shape index (κ2) is 11.2. The molecule has 2 heterocycles. The Morgan fingerprint density at radius 3 is 2.59 bits per heavy atom. The van der Waals surface area contributed by atoms with Crippen molar-refractivity contribution in [1.29, 1.82) is 0 Å². The zero-order valence-corrected chi connectivity index (χ0v) is 20.0. The van der Waals surface area contributed by atoms with E-state index in [9.17, 15) is 4.79 Å². The summed E-state index contributed by atoms with van der Waals surface area (Å²) in [5.74, 6) is 2.65. The number of piperidine rings is 1. The van der Waals surface area contributed by atoms with Gasteiger partial charge in [-0.05, 0) is 57.5 Å². The van der Waals surface area contributed by atoms with Crippen LogP contribution in [0.5, 0.6) is 11.5 Å². The Hall–Kier alpha value is -3.39. The van der Waals surface area contributed by atoms with Crippen LogP contribution in [-0.2, 0) is 11.3 Å². The largest absolute Gasteiger partial charge is 0.493 e. The highest BCUT2D eigenvalue weighted by molar-refractivity contribution is 5.79. The van der Waals surface area contributed by atoms with E-state index >= 15 is 0 Å². The number of ether oxygens (including phenoxy) is 2. The first-order valence-electron chi connectivity index (χ1n) is 11.7. The third kappa shape index (κ3) is 5.94. The maximum Gasteiger partial charge on any atom is 0.241 e. The summed E-state index contributed by atoms with van der Waals surface area (Å²) >= 11 is 0. The van der Waals surface area contributed by atoms with Gasteiger partial charge in [-0.15, -0.1) is 0 Å². The maximum atomic E-state index is 12.7. The third-order valence-electron chi connectivity index (χ3n) is 6.12. The molecular weight excluding hydrogens is 432 g/mol. The molecule has 0 bridgehead atoms. The molecule has 1 aliphatic heterocycles. The molecule has 1 N–H and O–H groups in total. The molecule has 2 aromatic carbocycles. The van der Waals surface area contributed by atoms with E-state index in [1.54, 1.807) is 7.11 Å². The zero-order chi connectivity index (χ0) is 23.9. The van der Waals surface area contributed by atoms with Crippen LogP contribution in [0.3, 0.4) is 0 Å². The standard InChI is InChI=1S/C26H32N4O4/c1-18-8-4-5-9-21(18)25-28-24(34-29-25)16-30-14-12-20(13-15-30)26(31)27-19(2)17-33-23-11-7-6-10-22(23)32-3/h4-11,19-20H,12-17H2,1-3H3,(H,27,31). The number of hydrogen-bond acceptors (Lipinski definition) is 7. The van der Waals surface area contributed by atoms with Gasteiger partial charge in [0.15, 0.2) is 11.5 Å². The van der Waals surface area contributed by atoms with Gasteiger partial charge in [0.25, 0.3) is 0 Å². The van der Waals surface area contributed by atoms with Gasteiger partial charge in [-0.1, -0.05) is 41.6 Å². The highest BCUT2D eigenvalue weighted by Gasteiger charge is 2.27. The smallest absolute Gasteiger partial charge is 0.241 e. The quantitative estimate of drug-likeness (QED) is 0.514. The van der Waals surface area contributed by atoms with Crippen molar-refractivity contribution in [3.8, 4) is 22.9 Å². The highest BCUT2D eigenvalue weighted by atomic mass is 16.5. The van der Waals surface area contributed by atoms with E-state index < -0.39 is 0 Å². The third-order valence-corrected chi connectivity index (χ3v) is 6.12. The number of benzene rings is 2. The summed E-state index contributed by atoms with van der Waals surface area (Å²) in [5, 5.41) is 7.23. The SMILES string of the molecule is COc1ccccc1OCC(C)NC(=O)C1CCN(Cc2nc(-c3ccccc3C)no2)CC1. The van der Waals surface area contributed by atoms with Crippen molar-refractivity contribution in [2.75, 3.05) is 26.8 Å². The Bertz CT molecular complexity index is 1090. The lowest BCUT2D eigenvalue weighted by Gasteiger charge is -2.30. The molecule has 8 nitrogen and oxygen atoms in total. The molecule has 1 fully saturated rings. The van der Waals surface area contributed by atoms with Gasteiger partial charge in [-0.25, -0.2) is 0 Å². The van der Waals surface area contributed by atoms with Crippen LogP contribution in [0.25, 0.3) is 11.4 Å². The van der Waals surface area contributed by atoms with Gasteiger partial charge in [0.2, 0.25) is 17.6 Å². The van der Waals surface area contributed by atoms with Crippen LogP contribution in [0.2, 0.25) is 0 Å². The van der Waals surface area contributed by atoms with Gasteiger partial charge in [0.05, 0.1) is 19.7 Å². The zero-order valence-electron chi connectivity index (χ0n) is 20.0. The minimum Gasteiger partial charge on any atom is -0.493 e. The van der Waals surface area contributed by atoms with Crippen LogP contribution < -0.4 is 14.8 Å². The number of rotatable bonds is 9. The van der Waals surface area contributed by atoms with Crippen molar-refractivity contribution in [2.24, 2.45) is 5.92 Å². The fourth-order valence-electron chi connectivity index (χ4n) is 4.15. The van der Waals surface area contributed by atoms with E-state index in [0.717, 1.165) is 37.1 Å². The Morgan fingerprint density at radius 1 is 1.15 bits per heavy atom. The number of para-hydroxylation sites is 2. The van der Waals surface area contributed by atoms with Crippen LogP contribution in [0.15, 0.2) is 53.1 Å². The van der Waals surface area contributed by atoms with Crippen LogP contribution in [0.1, 0.15) is 31.2 Å². The van der Waals surface area contributed by atoms with E-state index in [2.05, 4.69) is 20.4 Å². The van der Waals surface area contributed by atoms with Gasteiger partial charge >= 0.3 is 0 Å². The van der Waals surface area contributed by atoms with E-state index in [0.29, 0.717) is 36.4 Å². The summed E-state index contributed by atoms with van der Waals surface area (Å²) in [5.41, 5.74) is 2.10. The van der Waals surface area contributed by atoms with Crippen molar-refractivity contribution < 1.29 is 18.8 Å². The molecule has 4 rings (SSSR count). The first-order chi connectivity index (χ1) is 16.5. The van der Waals surface area contributed by atoms with Crippen molar-refractivity contribution >= 4 is 5.91 Å². The van der Waals surface area contributed by atoms with Crippen molar-refractivity contribution in [3.05, 3.63) is 60.0 Å². The van der Waals surface area contributed by atoms with Crippen LogP contribution >= 0.6 is 0 Å². The summed E-state index contributed by atoms with van der Waals surface area (Å²) in [4.78, 5) is 19.6. The maximum absolute atomic E-state index is 12.7. The number of aromatic nitrogens is 2. The fourth-order valence-corrected chi connectivity index (χ4v) is 4.15. The lowest BCUT2D eigenvalue weighted by Crippen LogP contribution is -2.44. The number of hydrogen-bond donors (Lipinski definition) is 1. The summed E-state index contributed by atoms with van der Waals surface area (Å²) in [6, 6.07) is 15.4.